The second kappa shape index (κ2) is 10.9. The molecule has 0 fully saturated rings. The van der Waals surface area contributed by atoms with E-state index in [1.54, 1.807) is 12.3 Å². The SMILES string of the molecule is Cc1cc(I)ccc1Nc1ccc(F)cc1C(=O)NCC(CCO)(CCO)c1ccc[nH]1. The minimum absolute atomic E-state index is 0.103. The molecule has 0 aliphatic heterocycles. The molecule has 0 spiro atoms. The fraction of sp³-hybridized carbons (Fsp3) is 0.292. The van der Waals surface area contributed by atoms with Gasteiger partial charge in [-0.1, -0.05) is 0 Å². The number of hydrogen-bond acceptors (Lipinski definition) is 4. The van der Waals surface area contributed by atoms with Crippen molar-refractivity contribution < 1.29 is 19.4 Å². The van der Waals surface area contributed by atoms with Crippen LogP contribution in [0.3, 0.4) is 0 Å². The quantitative estimate of drug-likeness (QED) is 0.244. The number of H-pyrrole nitrogens is 1. The van der Waals surface area contributed by atoms with Gasteiger partial charge in [0.2, 0.25) is 0 Å². The summed E-state index contributed by atoms with van der Waals surface area (Å²) in [4.78, 5) is 16.2. The van der Waals surface area contributed by atoms with Crippen molar-refractivity contribution in [3.05, 3.63) is 80.9 Å². The predicted octanol–water partition coefficient (Wildman–Crippen LogP) is 4.24. The minimum Gasteiger partial charge on any atom is -0.396 e. The number of aromatic nitrogens is 1. The highest BCUT2D eigenvalue weighted by atomic mass is 127. The van der Waals surface area contributed by atoms with Crippen LogP contribution < -0.4 is 10.6 Å². The van der Waals surface area contributed by atoms with E-state index >= 15 is 0 Å². The molecule has 0 saturated carbocycles. The topological polar surface area (TPSA) is 97.4 Å². The summed E-state index contributed by atoms with van der Waals surface area (Å²) >= 11 is 2.23. The lowest BCUT2D eigenvalue weighted by atomic mass is 9.78. The van der Waals surface area contributed by atoms with Crippen molar-refractivity contribution in [2.75, 3.05) is 25.1 Å². The summed E-state index contributed by atoms with van der Waals surface area (Å²) in [5, 5.41) is 25.4. The first-order valence-electron chi connectivity index (χ1n) is 10.3. The van der Waals surface area contributed by atoms with Gasteiger partial charge in [0.1, 0.15) is 5.82 Å². The second-order valence-corrected chi connectivity index (χ2v) is 9.01. The maximum atomic E-state index is 14.0. The van der Waals surface area contributed by atoms with Crippen LogP contribution >= 0.6 is 22.6 Å². The number of nitrogens with one attached hydrogen (secondary N) is 3. The van der Waals surface area contributed by atoms with Gasteiger partial charge in [-0.05, 0) is 96.5 Å². The van der Waals surface area contributed by atoms with Gasteiger partial charge < -0.3 is 25.8 Å². The van der Waals surface area contributed by atoms with E-state index in [1.165, 1.54) is 12.1 Å². The molecule has 3 aromatic rings. The number of aryl methyl sites for hydroxylation is 1. The van der Waals surface area contributed by atoms with Gasteiger partial charge in [0.15, 0.2) is 0 Å². The highest BCUT2D eigenvalue weighted by molar-refractivity contribution is 14.1. The molecule has 8 heteroatoms. The van der Waals surface area contributed by atoms with Gasteiger partial charge in [-0.15, -0.1) is 0 Å². The maximum Gasteiger partial charge on any atom is 0.253 e. The number of aliphatic hydroxyl groups excluding tert-OH is 2. The summed E-state index contributed by atoms with van der Waals surface area (Å²) in [6, 6.07) is 13.6. The Hall–Kier alpha value is -2.43. The Morgan fingerprint density at radius 2 is 1.81 bits per heavy atom. The Kier molecular flexibility index (Phi) is 8.27. The Bertz CT molecular complexity index is 1050. The maximum absolute atomic E-state index is 14.0. The van der Waals surface area contributed by atoms with Gasteiger partial charge in [-0.3, -0.25) is 4.79 Å². The summed E-state index contributed by atoms with van der Waals surface area (Å²) in [6.45, 7) is 1.93. The zero-order valence-electron chi connectivity index (χ0n) is 17.8. The fourth-order valence-corrected chi connectivity index (χ4v) is 4.47. The zero-order valence-corrected chi connectivity index (χ0v) is 19.9. The molecule has 3 rings (SSSR count). The van der Waals surface area contributed by atoms with Crippen LogP contribution in [-0.2, 0) is 5.41 Å². The predicted molar refractivity (Wildman–Crippen MR) is 132 cm³/mol. The number of hydrogen-bond donors (Lipinski definition) is 5. The smallest absolute Gasteiger partial charge is 0.253 e. The molecule has 0 radical (unpaired) electrons. The second-order valence-electron chi connectivity index (χ2n) is 7.77. The number of rotatable bonds is 10. The van der Waals surface area contributed by atoms with Crippen molar-refractivity contribution in [2.45, 2.75) is 25.2 Å². The van der Waals surface area contributed by atoms with Crippen molar-refractivity contribution in [1.82, 2.24) is 10.3 Å². The third-order valence-electron chi connectivity index (χ3n) is 5.62. The van der Waals surface area contributed by atoms with Crippen molar-refractivity contribution in [3.63, 3.8) is 0 Å². The number of benzene rings is 2. The van der Waals surface area contributed by atoms with E-state index in [1.807, 2.05) is 37.3 Å². The molecular weight excluding hydrogens is 524 g/mol. The van der Waals surface area contributed by atoms with Crippen LogP contribution in [0.25, 0.3) is 0 Å². The molecule has 0 atom stereocenters. The zero-order chi connectivity index (χ0) is 23.1. The Balaban J connectivity index is 1.86. The number of aliphatic hydroxyl groups is 2. The molecule has 170 valence electrons. The Labute approximate surface area is 200 Å². The van der Waals surface area contributed by atoms with E-state index in [2.05, 4.69) is 38.2 Å². The van der Waals surface area contributed by atoms with Crippen LogP contribution in [0, 0.1) is 16.3 Å². The van der Waals surface area contributed by atoms with E-state index in [-0.39, 0.29) is 25.3 Å². The molecule has 5 N–H and O–H groups in total. The number of carbonyl (C=O) groups excluding carboxylic acids is 1. The van der Waals surface area contributed by atoms with Gasteiger partial charge in [-0.2, -0.15) is 0 Å². The van der Waals surface area contributed by atoms with Crippen molar-refractivity contribution in [3.8, 4) is 0 Å². The molecule has 0 saturated heterocycles. The van der Waals surface area contributed by atoms with Crippen LogP contribution in [0.5, 0.6) is 0 Å². The largest absolute Gasteiger partial charge is 0.396 e. The summed E-state index contributed by atoms with van der Waals surface area (Å²) in [6.07, 6.45) is 2.47. The molecular formula is C24H27FIN3O3. The van der Waals surface area contributed by atoms with Crippen LogP contribution in [0.15, 0.2) is 54.7 Å². The summed E-state index contributed by atoms with van der Waals surface area (Å²) in [7, 11) is 0. The van der Waals surface area contributed by atoms with Crippen LogP contribution in [-0.4, -0.2) is 40.9 Å². The summed E-state index contributed by atoms with van der Waals surface area (Å²) in [5.74, 6) is -0.955. The Morgan fingerprint density at radius 1 is 1.09 bits per heavy atom. The number of anilines is 2. The van der Waals surface area contributed by atoms with Gasteiger partial charge in [0.05, 0.1) is 11.3 Å². The average molecular weight is 551 g/mol. The van der Waals surface area contributed by atoms with Crippen molar-refractivity contribution in [1.29, 1.82) is 0 Å². The van der Waals surface area contributed by atoms with E-state index in [0.29, 0.717) is 18.5 Å². The third kappa shape index (κ3) is 5.67. The minimum atomic E-state index is -0.670. The van der Waals surface area contributed by atoms with Crippen LogP contribution in [0.4, 0.5) is 15.8 Å². The molecule has 6 nitrogen and oxygen atoms in total. The van der Waals surface area contributed by atoms with E-state index < -0.39 is 17.1 Å². The molecule has 0 bridgehead atoms. The first-order valence-corrected chi connectivity index (χ1v) is 11.4. The lowest BCUT2D eigenvalue weighted by Gasteiger charge is -2.32. The van der Waals surface area contributed by atoms with Crippen LogP contribution in [0.1, 0.15) is 34.5 Å². The molecule has 1 aromatic heterocycles. The molecule has 32 heavy (non-hydrogen) atoms. The van der Waals surface area contributed by atoms with Gasteiger partial charge in [0, 0.05) is 46.3 Å². The van der Waals surface area contributed by atoms with Gasteiger partial charge >= 0.3 is 0 Å². The van der Waals surface area contributed by atoms with Crippen molar-refractivity contribution >= 4 is 39.9 Å². The molecule has 1 heterocycles. The summed E-state index contributed by atoms with van der Waals surface area (Å²) < 4.78 is 15.1. The van der Waals surface area contributed by atoms with Gasteiger partial charge in [0.25, 0.3) is 5.91 Å². The van der Waals surface area contributed by atoms with E-state index in [0.717, 1.165) is 20.5 Å². The lowest BCUT2D eigenvalue weighted by Crippen LogP contribution is -2.42. The Morgan fingerprint density at radius 3 is 2.44 bits per heavy atom. The first-order chi connectivity index (χ1) is 15.4. The molecule has 0 aliphatic carbocycles. The average Bonchev–Trinajstić information content (AvgIpc) is 3.31. The van der Waals surface area contributed by atoms with Gasteiger partial charge in [-0.25, -0.2) is 4.39 Å². The molecule has 0 unspecified atom stereocenters. The third-order valence-corrected chi connectivity index (χ3v) is 6.29. The number of carbonyl (C=O) groups is 1. The molecule has 0 aliphatic rings. The molecule has 2 aromatic carbocycles. The lowest BCUT2D eigenvalue weighted by molar-refractivity contribution is 0.0929. The highest BCUT2D eigenvalue weighted by Gasteiger charge is 2.33. The molecule has 1 amide bonds. The number of halogens is 2. The van der Waals surface area contributed by atoms with Crippen LogP contribution in [0.2, 0.25) is 0 Å². The van der Waals surface area contributed by atoms with E-state index in [9.17, 15) is 19.4 Å². The highest BCUT2D eigenvalue weighted by Crippen LogP contribution is 2.31. The first kappa shape index (κ1) is 24.2. The number of amides is 1. The summed E-state index contributed by atoms with van der Waals surface area (Å²) in [5.41, 5.74) is 2.64. The monoisotopic (exact) mass is 551 g/mol. The van der Waals surface area contributed by atoms with E-state index in [4.69, 9.17) is 0 Å². The van der Waals surface area contributed by atoms with Crippen molar-refractivity contribution in [2.24, 2.45) is 0 Å². The fourth-order valence-electron chi connectivity index (χ4n) is 3.83. The number of aromatic amines is 1. The normalized spacial score (nSPS) is 11.4. The standard InChI is InChI=1S/C24H27FIN3O3/c1-16-13-18(26)5-7-20(16)29-21-6-4-17(25)14-19(21)23(32)28-15-24(8-11-30,9-12-31)22-3-2-10-27-22/h2-7,10,13-14,27,29-31H,8-9,11-12,15H2,1H3,(H,28,32).